The Labute approximate surface area is 212 Å². The molecule has 0 fully saturated rings. The minimum atomic E-state index is -3.86. The third-order valence-corrected chi connectivity index (χ3v) is 6.97. The first-order chi connectivity index (χ1) is 16.0. The Hall–Kier alpha value is -2.29. The Morgan fingerprint density at radius 2 is 1.59 bits per heavy atom. The lowest BCUT2D eigenvalue weighted by Crippen LogP contribution is -2.53. The quantitative estimate of drug-likeness (QED) is 0.466. The van der Waals surface area contributed by atoms with Gasteiger partial charge in [0.15, 0.2) is 0 Å². The zero-order valence-corrected chi connectivity index (χ0v) is 22.1. The molecule has 0 aliphatic carbocycles. The number of nitrogens with zero attached hydrogens (tertiary/aromatic N) is 2. The molecule has 2 atom stereocenters. The van der Waals surface area contributed by atoms with E-state index < -0.39 is 28.5 Å². The largest absolute Gasteiger partial charge is 0.352 e. The molecule has 10 heteroatoms. The normalized spacial score (nSPS) is 13.1. The summed E-state index contributed by atoms with van der Waals surface area (Å²) in [6.45, 7) is 5.31. The summed E-state index contributed by atoms with van der Waals surface area (Å²) in [6.07, 6.45) is 2.11. The van der Waals surface area contributed by atoms with Gasteiger partial charge < -0.3 is 10.2 Å². The third kappa shape index (κ3) is 7.89. The van der Waals surface area contributed by atoms with Crippen molar-refractivity contribution in [2.24, 2.45) is 0 Å². The van der Waals surface area contributed by atoms with E-state index in [1.54, 1.807) is 0 Å². The maximum absolute atomic E-state index is 13.6. The van der Waals surface area contributed by atoms with Crippen LogP contribution >= 0.6 is 23.2 Å². The van der Waals surface area contributed by atoms with Crippen molar-refractivity contribution in [2.75, 3.05) is 17.1 Å². The Kier molecular flexibility index (Phi) is 10.2. The molecule has 7 nitrogen and oxygen atoms in total. The van der Waals surface area contributed by atoms with Crippen molar-refractivity contribution in [1.82, 2.24) is 10.2 Å². The van der Waals surface area contributed by atoms with Crippen LogP contribution < -0.4 is 9.62 Å². The average Bonchev–Trinajstić information content (AvgIpc) is 2.76. The second-order valence-electron chi connectivity index (χ2n) is 8.15. The summed E-state index contributed by atoms with van der Waals surface area (Å²) in [5, 5.41) is 3.41. The molecule has 0 aliphatic rings. The van der Waals surface area contributed by atoms with E-state index in [4.69, 9.17) is 23.2 Å². The Balaban J connectivity index is 2.44. The lowest BCUT2D eigenvalue weighted by Gasteiger charge is -2.33. The number of anilines is 1. The molecule has 0 aromatic heterocycles. The minimum absolute atomic E-state index is 0.0589. The van der Waals surface area contributed by atoms with Gasteiger partial charge in [0.25, 0.3) is 0 Å². The molecular weight excluding hydrogens is 497 g/mol. The second kappa shape index (κ2) is 12.4. The van der Waals surface area contributed by atoms with Gasteiger partial charge in [-0.2, -0.15) is 0 Å². The highest BCUT2D eigenvalue weighted by Gasteiger charge is 2.32. The first kappa shape index (κ1) is 28.0. The molecule has 0 bridgehead atoms. The van der Waals surface area contributed by atoms with Crippen molar-refractivity contribution < 1.29 is 18.0 Å². The van der Waals surface area contributed by atoms with Crippen molar-refractivity contribution in [1.29, 1.82) is 0 Å². The van der Waals surface area contributed by atoms with Crippen molar-refractivity contribution in [3.63, 3.8) is 0 Å². The van der Waals surface area contributed by atoms with E-state index in [0.717, 1.165) is 22.5 Å². The van der Waals surface area contributed by atoms with Crippen LogP contribution in [0.1, 0.15) is 39.2 Å². The lowest BCUT2D eigenvalue weighted by molar-refractivity contribution is -0.140. The van der Waals surface area contributed by atoms with Gasteiger partial charge in [-0.05, 0) is 43.5 Å². The number of amides is 2. The van der Waals surface area contributed by atoms with Crippen LogP contribution in [0.15, 0.2) is 48.5 Å². The van der Waals surface area contributed by atoms with Gasteiger partial charge in [0.05, 0.1) is 11.9 Å². The molecule has 0 aliphatic heterocycles. The molecule has 0 heterocycles. The molecule has 2 unspecified atom stereocenters. The van der Waals surface area contributed by atoms with Crippen LogP contribution in [0.5, 0.6) is 0 Å². The van der Waals surface area contributed by atoms with E-state index in [2.05, 4.69) is 5.32 Å². The predicted molar refractivity (Wildman–Crippen MR) is 138 cm³/mol. The Morgan fingerprint density at radius 3 is 2.09 bits per heavy atom. The highest BCUT2D eigenvalue weighted by Crippen LogP contribution is 2.27. The molecule has 2 amide bonds. The summed E-state index contributed by atoms with van der Waals surface area (Å²) in [5.74, 6) is -0.797. The summed E-state index contributed by atoms with van der Waals surface area (Å²) in [6, 6.07) is 12.7. The van der Waals surface area contributed by atoms with E-state index in [0.29, 0.717) is 6.42 Å². The van der Waals surface area contributed by atoms with Crippen molar-refractivity contribution in [3.05, 3.63) is 64.1 Å². The summed E-state index contributed by atoms with van der Waals surface area (Å²) < 4.78 is 26.2. The lowest BCUT2D eigenvalue weighted by atomic mass is 10.1. The fourth-order valence-electron chi connectivity index (χ4n) is 3.44. The number of hydrogen-bond acceptors (Lipinski definition) is 4. The average molecular weight is 529 g/mol. The van der Waals surface area contributed by atoms with E-state index in [1.807, 2.05) is 51.1 Å². The van der Waals surface area contributed by atoms with Crippen LogP contribution in [0, 0.1) is 0 Å². The molecule has 0 saturated heterocycles. The van der Waals surface area contributed by atoms with Crippen molar-refractivity contribution in [2.45, 2.75) is 52.2 Å². The predicted octanol–water partition coefficient (Wildman–Crippen LogP) is 4.48. The molecule has 2 rings (SSSR count). The monoisotopic (exact) mass is 527 g/mol. The smallest absolute Gasteiger partial charge is 0.244 e. The molecular formula is C24H31Cl2N3O4S. The Bertz CT molecular complexity index is 1080. The topological polar surface area (TPSA) is 86.8 Å². The summed E-state index contributed by atoms with van der Waals surface area (Å²) in [4.78, 5) is 28.1. The van der Waals surface area contributed by atoms with Crippen molar-refractivity contribution in [3.8, 4) is 0 Å². The molecule has 2 aromatic rings. The molecule has 34 heavy (non-hydrogen) atoms. The number of nitrogens with one attached hydrogen (secondary N) is 1. The number of benzene rings is 2. The van der Waals surface area contributed by atoms with Gasteiger partial charge in [0.1, 0.15) is 12.6 Å². The Morgan fingerprint density at radius 1 is 1.00 bits per heavy atom. The molecule has 1 N–H and O–H groups in total. The van der Waals surface area contributed by atoms with Gasteiger partial charge in [-0.1, -0.05) is 67.4 Å². The van der Waals surface area contributed by atoms with E-state index in [-0.39, 0.29) is 34.2 Å². The van der Waals surface area contributed by atoms with Crippen LogP contribution in [0.2, 0.25) is 10.0 Å². The van der Waals surface area contributed by atoms with Crippen LogP contribution in [0.4, 0.5) is 5.69 Å². The minimum Gasteiger partial charge on any atom is -0.352 e. The number of hydrogen-bond donors (Lipinski definition) is 1. The maximum Gasteiger partial charge on any atom is 0.244 e. The molecule has 186 valence electrons. The SMILES string of the molecule is CCC(C)NC(=O)C(CC)N(Cc1ccccc1)C(=O)CN(c1cc(Cl)cc(Cl)c1)S(C)(=O)=O. The van der Waals surface area contributed by atoms with Crippen LogP contribution in [-0.2, 0) is 26.2 Å². The molecule has 2 aromatic carbocycles. The summed E-state index contributed by atoms with van der Waals surface area (Å²) >= 11 is 12.1. The first-order valence-corrected chi connectivity index (χ1v) is 13.6. The van der Waals surface area contributed by atoms with Gasteiger partial charge >= 0.3 is 0 Å². The van der Waals surface area contributed by atoms with Crippen LogP contribution in [-0.4, -0.2) is 50.0 Å². The molecule has 0 saturated carbocycles. The molecule has 0 spiro atoms. The van der Waals surface area contributed by atoms with E-state index >= 15 is 0 Å². The zero-order valence-electron chi connectivity index (χ0n) is 19.8. The fourth-order valence-corrected chi connectivity index (χ4v) is 4.79. The van der Waals surface area contributed by atoms with Crippen LogP contribution in [0.3, 0.4) is 0 Å². The molecule has 0 radical (unpaired) electrons. The van der Waals surface area contributed by atoms with Crippen molar-refractivity contribution >= 4 is 50.7 Å². The van der Waals surface area contributed by atoms with E-state index in [9.17, 15) is 18.0 Å². The summed E-state index contributed by atoms with van der Waals surface area (Å²) in [5.41, 5.74) is 0.993. The number of carbonyl (C=O) groups is 2. The zero-order chi connectivity index (χ0) is 25.5. The first-order valence-electron chi connectivity index (χ1n) is 11.0. The number of sulfonamides is 1. The standard InChI is InChI=1S/C24H31Cl2N3O4S/c1-5-17(3)27-24(31)22(6-2)28(15-18-10-8-7-9-11-18)23(30)16-29(34(4,32)33)21-13-19(25)12-20(26)14-21/h7-14,17,22H,5-6,15-16H2,1-4H3,(H,27,31). The van der Waals surface area contributed by atoms with Gasteiger partial charge in [-0.3, -0.25) is 13.9 Å². The van der Waals surface area contributed by atoms with E-state index in [1.165, 1.54) is 23.1 Å². The van der Waals surface area contributed by atoms with Crippen LogP contribution in [0.25, 0.3) is 0 Å². The number of carbonyl (C=O) groups excluding carboxylic acids is 2. The van der Waals surface area contributed by atoms with Gasteiger partial charge in [-0.25, -0.2) is 8.42 Å². The number of rotatable bonds is 11. The van der Waals surface area contributed by atoms with Gasteiger partial charge in [0.2, 0.25) is 21.8 Å². The highest BCUT2D eigenvalue weighted by atomic mass is 35.5. The third-order valence-electron chi connectivity index (χ3n) is 5.40. The van der Waals surface area contributed by atoms with Gasteiger partial charge in [-0.15, -0.1) is 0 Å². The summed E-state index contributed by atoms with van der Waals surface area (Å²) in [7, 11) is -3.86. The second-order valence-corrected chi connectivity index (χ2v) is 10.9. The van der Waals surface area contributed by atoms with Gasteiger partial charge in [0, 0.05) is 22.6 Å². The number of halogens is 2. The fraction of sp³-hybridized carbons (Fsp3) is 0.417. The maximum atomic E-state index is 13.6. The highest BCUT2D eigenvalue weighted by molar-refractivity contribution is 7.92.